The van der Waals surface area contributed by atoms with E-state index in [9.17, 15) is 14.4 Å². The monoisotopic (exact) mass is 276 g/mol. The van der Waals surface area contributed by atoms with E-state index < -0.39 is 11.7 Å². The van der Waals surface area contributed by atoms with Crippen molar-refractivity contribution in [2.75, 3.05) is 6.61 Å². The summed E-state index contributed by atoms with van der Waals surface area (Å²) in [6.45, 7) is 3.72. The van der Waals surface area contributed by atoms with Crippen molar-refractivity contribution in [2.24, 2.45) is 0 Å². The largest absolute Gasteiger partial charge is 0.465 e. The molecule has 0 amide bonds. The quantitative estimate of drug-likeness (QED) is 0.772. The fourth-order valence-corrected chi connectivity index (χ4v) is 2.14. The van der Waals surface area contributed by atoms with Crippen molar-refractivity contribution in [1.29, 1.82) is 0 Å². The third-order valence-corrected chi connectivity index (χ3v) is 3.04. The van der Waals surface area contributed by atoms with E-state index in [-0.39, 0.29) is 25.3 Å². The average molecular weight is 276 g/mol. The highest BCUT2D eigenvalue weighted by Crippen LogP contribution is 2.07. The molecular weight excluding hydrogens is 260 g/mol. The van der Waals surface area contributed by atoms with E-state index in [0.717, 1.165) is 4.57 Å². The van der Waals surface area contributed by atoms with E-state index in [0.29, 0.717) is 10.9 Å². The molecule has 1 aromatic heterocycles. The van der Waals surface area contributed by atoms with Gasteiger partial charge in [0.1, 0.15) is 6.54 Å². The predicted molar refractivity (Wildman–Crippen MR) is 74.8 cm³/mol. The molecule has 0 aliphatic carbocycles. The lowest BCUT2D eigenvalue weighted by atomic mass is 10.2. The van der Waals surface area contributed by atoms with Crippen LogP contribution in [0, 0.1) is 0 Å². The van der Waals surface area contributed by atoms with Crippen LogP contribution in [-0.4, -0.2) is 21.7 Å². The van der Waals surface area contributed by atoms with Crippen molar-refractivity contribution in [2.45, 2.75) is 26.9 Å². The number of aromatic nitrogens is 2. The van der Waals surface area contributed by atoms with Crippen LogP contribution in [0.5, 0.6) is 0 Å². The smallest absolute Gasteiger partial charge is 0.332 e. The highest BCUT2D eigenvalue weighted by molar-refractivity contribution is 5.79. The second-order valence-corrected chi connectivity index (χ2v) is 4.24. The summed E-state index contributed by atoms with van der Waals surface area (Å²) in [5.41, 5.74) is -0.391. The Kier molecular flexibility index (Phi) is 4.02. The average Bonchev–Trinajstić information content (AvgIpc) is 2.44. The Morgan fingerprint density at radius 2 is 1.85 bits per heavy atom. The molecule has 0 radical (unpaired) electrons. The Balaban J connectivity index is 2.72. The number of carbonyl (C=O) groups is 1. The number of rotatable bonds is 4. The van der Waals surface area contributed by atoms with Gasteiger partial charge in [0.15, 0.2) is 0 Å². The highest BCUT2D eigenvalue weighted by Gasteiger charge is 2.14. The minimum absolute atomic E-state index is 0.201. The first-order valence-electron chi connectivity index (χ1n) is 6.48. The molecule has 0 bridgehead atoms. The summed E-state index contributed by atoms with van der Waals surface area (Å²) in [4.78, 5) is 36.1. The summed E-state index contributed by atoms with van der Waals surface area (Å²) in [6, 6.07) is 6.74. The fourth-order valence-electron chi connectivity index (χ4n) is 2.14. The van der Waals surface area contributed by atoms with Crippen molar-refractivity contribution in [3.05, 3.63) is 45.1 Å². The summed E-state index contributed by atoms with van der Waals surface area (Å²) in [5, 5.41) is 0.415. The number of benzene rings is 1. The lowest BCUT2D eigenvalue weighted by Gasteiger charge is -2.12. The van der Waals surface area contributed by atoms with E-state index >= 15 is 0 Å². The minimum atomic E-state index is -0.499. The van der Waals surface area contributed by atoms with Crippen LogP contribution in [0.1, 0.15) is 13.8 Å². The van der Waals surface area contributed by atoms with E-state index in [4.69, 9.17) is 4.74 Å². The number of esters is 1. The van der Waals surface area contributed by atoms with Gasteiger partial charge in [-0.3, -0.25) is 18.7 Å². The van der Waals surface area contributed by atoms with Gasteiger partial charge in [0.05, 0.1) is 17.5 Å². The maximum atomic E-state index is 12.3. The van der Waals surface area contributed by atoms with Crippen molar-refractivity contribution >= 4 is 16.9 Å². The second-order valence-electron chi connectivity index (χ2n) is 4.24. The van der Waals surface area contributed by atoms with Gasteiger partial charge >= 0.3 is 11.7 Å². The molecule has 106 valence electrons. The van der Waals surface area contributed by atoms with Crippen LogP contribution in [0.25, 0.3) is 10.9 Å². The minimum Gasteiger partial charge on any atom is -0.465 e. The molecule has 2 aromatic rings. The number of carbonyl (C=O) groups excluding carboxylic acids is 1. The standard InChI is InChI=1S/C14H16N2O4/c1-3-15-13(18)10-7-5-6-8-11(10)16(14(15)19)9-12(17)20-4-2/h5-8H,3-4,9H2,1-2H3. The van der Waals surface area contributed by atoms with Gasteiger partial charge in [0, 0.05) is 6.54 Å². The number of fused-ring (bicyclic) bond motifs is 1. The van der Waals surface area contributed by atoms with Crippen molar-refractivity contribution in [3.8, 4) is 0 Å². The second kappa shape index (κ2) is 5.73. The first-order valence-corrected chi connectivity index (χ1v) is 6.48. The lowest BCUT2D eigenvalue weighted by Crippen LogP contribution is -2.40. The Labute approximate surface area is 115 Å². The van der Waals surface area contributed by atoms with Crippen LogP contribution in [0.2, 0.25) is 0 Å². The molecule has 20 heavy (non-hydrogen) atoms. The van der Waals surface area contributed by atoms with Crippen molar-refractivity contribution in [1.82, 2.24) is 9.13 Å². The van der Waals surface area contributed by atoms with Gasteiger partial charge in [-0.2, -0.15) is 0 Å². The molecule has 2 rings (SSSR count). The normalized spacial score (nSPS) is 10.7. The Bertz CT molecular complexity index is 758. The number of hydrogen-bond donors (Lipinski definition) is 0. The SMILES string of the molecule is CCOC(=O)Cn1c(=O)n(CC)c(=O)c2ccccc21. The molecule has 0 unspecified atom stereocenters. The number of hydrogen-bond acceptors (Lipinski definition) is 4. The molecule has 0 aliphatic heterocycles. The molecule has 1 aromatic carbocycles. The van der Waals surface area contributed by atoms with Gasteiger partial charge in [-0.05, 0) is 26.0 Å². The first-order chi connectivity index (χ1) is 9.60. The summed E-state index contributed by atoms with van der Waals surface area (Å²) in [7, 11) is 0. The summed E-state index contributed by atoms with van der Waals surface area (Å²) < 4.78 is 7.26. The van der Waals surface area contributed by atoms with Crippen LogP contribution in [0.3, 0.4) is 0 Å². The van der Waals surface area contributed by atoms with Gasteiger partial charge < -0.3 is 4.74 Å². The Morgan fingerprint density at radius 1 is 1.15 bits per heavy atom. The van der Waals surface area contributed by atoms with Crippen LogP contribution in [0.15, 0.2) is 33.9 Å². The van der Waals surface area contributed by atoms with Crippen molar-refractivity contribution < 1.29 is 9.53 Å². The maximum absolute atomic E-state index is 12.3. The molecule has 0 saturated heterocycles. The van der Waals surface area contributed by atoms with Crippen LogP contribution in [0.4, 0.5) is 0 Å². The number of nitrogens with zero attached hydrogens (tertiary/aromatic N) is 2. The maximum Gasteiger partial charge on any atom is 0.332 e. The van der Waals surface area contributed by atoms with E-state index in [1.54, 1.807) is 38.1 Å². The van der Waals surface area contributed by atoms with Crippen molar-refractivity contribution in [3.63, 3.8) is 0 Å². The molecule has 0 fully saturated rings. The third kappa shape index (κ3) is 2.36. The number of para-hydroxylation sites is 1. The van der Waals surface area contributed by atoms with Gasteiger partial charge in [-0.15, -0.1) is 0 Å². The molecule has 6 nitrogen and oxygen atoms in total. The van der Waals surface area contributed by atoms with Crippen LogP contribution in [-0.2, 0) is 22.6 Å². The van der Waals surface area contributed by atoms with Gasteiger partial charge in [-0.1, -0.05) is 12.1 Å². The van der Waals surface area contributed by atoms with Crippen LogP contribution >= 0.6 is 0 Å². The molecule has 0 spiro atoms. The van der Waals surface area contributed by atoms with E-state index in [2.05, 4.69) is 0 Å². The predicted octanol–water partition coefficient (Wildman–Crippen LogP) is 0.746. The first kappa shape index (κ1) is 14.0. The summed E-state index contributed by atoms with van der Waals surface area (Å²) >= 11 is 0. The topological polar surface area (TPSA) is 70.3 Å². The molecular formula is C14H16N2O4. The number of ether oxygens (including phenoxy) is 1. The zero-order valence-corrected chi connectivity index (χ0v) is 11.5. The van der Waals surface area contributed by atoms with E-state index in [1.807, 2.05) is 0 Å². The molecule has 0 aliphatic rings. The van der Waals surface area contributed by atoms with E-state index in [1.165, 1.54) is 4.57 Å². The van der Waals surface area contributed by atoms with Gasteiger partial charge in [-0.25, -0.2) is 4.79 Å². The Hall–Kier alpha value is -2.37. The van der Waals surface area contributed by atoms with Gasteiger partial charge in [0.25, 0.3) is 5.56 Å². The Morgan fingerprint density at radius 3 is 2.50 bits per heavy atom. The molecule has 0 saturated carbocycles. The lowest BCUT2D eigenvalue weighted by molar-refractivity contribution is -0.143. The highest BCUT2D eigenvalue weighted by atomic mass is 16.5. The zero-order valence-electron chi connectivity index (χ0n) is 11.5. The molecule has 0 atom stereocenters. The molecule has 0 N–H and O–H groups in total. The van der Waals surface area contributed by atoms with Gasteiger partial charge in [0.2, 0.25) is 0 Å². The zero-order chi connectivity index (χ0) is 14.7. The summed E-state index contributed by atoms with van der Waals surface area (Å²) in [6.07, 6.45) is 0. The fraction of sp³-hybridized carbons (Fsp3) is 0.357. The summed E-state index contributed by atoms with van der Waals surface area (Å²) in [5.74, 6) is -0.499. The molecule has 6 heteroatoms. The third-order valence-electron chi connectivity index (χ3n) is 3.04. The van der Waals surface area contributed by atoms with Crippen LogP contribution < -0.4 is 11.2 Å². The molecule has 1 heterocycles.